The van der Waals surface area contributed by atoms with Crippen LogP contribution < -0.4 is 5.32 Å². The highest BCUT2D eigenvalue weighted by Gasteiger charge is 2.03. The third-order valence-corrected chi connectivity index (χ3v) is 3.88. The molecule has 0 aliphatic rings. The molecule has 0 amide bonds. The van der Waals surface area contributed by atoms with E-state index in [1.807, 2.05) is 17.5 Å². The molecule has 1 aromatic heterocycles. The van der Waals surface area contributed by atoms with Crippen molar-refractivity contribution < 1.29 is 0 Å². The van der Waals surface area contributed by atoms with Gasteiger partial charge in [0.15, 0.2) is 5.13 Å². The first kappa shape index (κ1) is 11.1. The zero-order chi connectivity index (χ0) is 10.8. The Balaban J connectivity index is 2.27. The van der Waals surface area contributed by atoms with Crippen molar-refractivity contribution in [1.29, 1.82) is 0 Å². The highest BCUT2D eigenvalue weighted by Crippen LogP contribution is 2.27. The number of aryl methyl sites for hydroxylation is 1. The monoisotopic (exact) mass is 346 g/mol. The minimum Gasteiger partial charge on any atom is -0.331 e. The van der Waals surface area contributed by atoms with Crippen LogP contribution in [0.2, 0.25) is 0 Å². The van der Waals surface area contributed by atoms with Crippen molar-refractivity contribution >= 4 is 54.0 Å². The molecule has 0 fully saturated rings. The van der Waals surface area contributed by atoms with Gasteiger partial charge in [-0.3, -0.25) is 0 Å². The minimum atomic E-state index is 0.864. The fraction of sp³-hybridized carbons (Fsp3) is 0.100. The molecule has 1 aromatic carbocycles. The number of hydrogen-bond donors (Lipinski definition) is 1. The summed E-state index contributed by atoms with van der Waals surface area (Å²) in [6.45, 7) is 2.07. The van der Waals surface area contributed by atoms with Gasteiger partial charge < -0.3 is 5.32 Å². The Bertz CT molecular complexity index is 482. The number of benzene rings is 1. The zero-order valence-corrected chi connectivity index (χ0v) is 11.9. The Hall–Kier alpha value is -0.390. The first-order valence-electron chi connectivity index (χ1n) is 4.29. The van der Waals surface area contributed by atoms with Crippen molar-refractivity contribution in [2.24, 2.45) is 0 Å². The van der Waals surface area contributed by atoms with Crippen molar-refractivity contribution in [3.63, 3.8) is 0 Å². The molecule has 78 valence electrons. The first-order valence-corrected chi connectivity index (χ1v) is 6.76. The molecule has 0 spiro atoms. The summed E-state index contributed by atoms with van der Waals surface area (Å²) in [4.78, 5) is 4.29. The van der Waals surface area contributed by atoms with Gasteiger partial charge in [0.25, 0.3) is 0 Å². The van der Waals surface area contributed by atoms with E-state index in [1.165, 1.54) is 5.56 Å². The predicted molar refractivity (Wildman–Crippen MR) is 72.0 cm³/mol. The van der Waals surface area contributed by atoms with Crippen LogP contribution in [0.25, 0.3) is 0 Å². The highest BCUT2D eigenvalue weighted by atomic mass is 79.9. The summed E-state index contributed by atoms with van der Waals surface area (Å²) in [5, 5.41) is 6.13. The van der Waals surface area contributed by atoms with Gasteiger partial charge in [0.2, 0.25) is 0 Å². The summed E-state index contributed by atoms with van der Waals surface area (Å²) >= 11 is 8.35. The average molecular weight is 348 g/mol. The number of nitrogens with one attached hydrogen (secondary N) is 1. The summed E-state index contributed by atoms with van der Waals surface area (Å²) in [7, 11) is 0. The van der Waals surface area contributed by atoms with Gasteiger partial charge in [0.05, 0.1) is 0 Å². The van der Waals surface area contributed by atoms with E-state index in [9.17, 15) is 0 Å². The van der Waals surface area contributed by atoms with Gasteiger partial charge in [-0.05, 0) is 40.5 Å². The zero-order valence-electron chi connectivity index (χ0n) is 7.92. The molecule has 1 N–H and O–H groups in total. The smallest absolute Gasteiger partial charge is 0.188 e. The lowest BCUT2D eigenvalue weighted by molar-refractivity contribution is 1.33. The fourth-order valence-corrected chi connectivity index (χ4v) is 2.67. The fourth-order valence-electron chi connectivity index (χ4n) is 1.16. The maximum atomic E-state index is 4.29. The van der Waals surface area contributed by atoms with Gasteiger partial charge in [-0.1, -0.05) is 22.0 Å². The van der Waals surface area contributed by atoms with Gasteiger partial charge in [-0.25, -0.2) is 4.98 Å². The Kier molecular flexibility index (Phi) is 3.43. The third-order valence-electron chi connectivity index (χ3n) is 1.92. The lowest BCUT2D eigenvalue weighted by Gasteiger charge is -2.06. The van der Waals surface area contributed by atoms with Crippen LogP contribution >= 0.6 is 43.2 Å². The molecule has 0 saturated heterocycles. The lowest BCUT2D eigenvalue weighted by Crippen LogP contribution is -1.92. The van der Waals surface area contributed by atoms with Gasteiger partial charge in [-0.15, -0.1) is 11.3 Å². The van der Waals surface area contributed by atoms with Crippen molar-refractivity contribution in [2.75, 3.05) is 5.32 Å². The first-order chi connectivity index (χ1) is 7.15. The highest BCUT2D eigenvalue weighted by molar-refractivity contribution is 9.10. The van der Waals surface area contributed by atoms with Crippen LogP contribution in [0.3, 0.4) is 0 Å². The summed E-state index contributed by atoms with van der Waals surface area (Å²) in [5.74, 6) is 0. The van der Waals surface area contributed by atoms with Crippen LogP contribution in [-0.4, -0.2) is 4.98 Å². The number of anilines is 2. The van der Waals surface area contributed by atoms with E-state index in [0.717, 1.165) is 19.9 Å². The summed E-state index contributed by atoms with van der Waals surface area (Å²) in [5.41, 5.74) is 2.27. The standard InChI is InChI=1S/C10H8Br2N2S/c1-6-2-3-7(11)4-8(6)13-10-14-9(12)5-15-10/h2-5H,1H3,(H,13,14). The number of rotatable bonds is 2. The maximum absolute atomic E-state index is 4.29. The topological polar surface area (TPSA) is 24.9 Å². The largest absolute Gasteiger partial charge is 0.331 e. The number of thiazole rings is 1. The van der Waals surface area contributed by atoms with Crippen molar-refractivity contribution in [3.05, 3.63) is 38.2 Å². The Morgan fingerprint density at radius 1 is 1.33 bits per heavy atom. The van der Waals surface area contributed by atoms with E-state index in [4.69, 9.17) is 0 Å². The molecule has 1 heterocycles. The quantitative estimate of drug-likeness (QED) is 0.850. The predicted octanol–water partition coefficient (Wildman–Crippen LogP) is 4.72. The average Bonchev–Trinajstić information content (AvgIpc) is 2.58. The second-order valence-electron chi connectivity index (χ2n) is 3.06. The van der Waals surface area contributed by atoms with E-state index in [0.29, 0.717) is 0 Å². The second-order valence-corrected chi connectivity index (χ2v) is 5.65. The molecular weight excluding hydrogens is 340 g/mol. The lowest BCUT2D eigenvalue weighted by atomic mass is 10.2. The normalized spacial score (nSPS) is 10.3. The van der Waals surface area contributed by atoms with Gasteiger partial charge in [-0.2, -0.15) is 0 Å². The molecule has 0 radical (unpaired) electrons. The number of hydrogen-bond acceptors (Lipinski definition) is 3. The molecule has 2 rings (SSSR count). The van der Waals surface area contributed by atoms with E-state index < -0.39 is 0 Å². The van der Waals surface area contributed by atoms with E-state index in [2.05, 4.69) is 55.2 Å². The van der Waals surface area contributed by atoms with Crippen LogP contribution in [0.5, 0.6) is 0 Å². The van der Waals surface area contributed by atoms with E-state index in [-0.39, 0.29) is 0 Å². The summed E-state index contributed by atoms with van der Waals surface area (Å²) in [6, 6.07) is 6.14. The van der Waals surface area contributed by atoms with Gasteiger partial charge in [0.1, 0.15) is 4.60 Å². The third kappa shape index (κ3) is 2.80. The van der Waals surface area contributed by atoms with Crippen LogP contribution in [0, 0.1) is 6.92 Å². The van der Waals surface area contributed by atoms with Crippen LogP contribution in [0.4, 0.5) is 10.8 Å². The molecule has 0 aliphatic carbocycles. The van der Waals surface area contributed by atoms with E-state index >= 15 is 0 Å². The Labute approximate surface area is 109 Å². The number of aromatic nitrogens is 1. The Morgan fingerprint density at radius 3 is 2.80 bits per heavy atom. The van der Waals surface area contributed by atoms with Crippen LogP contribution in [-0.2, 0) is 0 Å². The van der Waals surface area contributed by atoms with Gasteiger partial charge >= 0.3 is 0 Å². The summed E-state index contributed by atoms with van der Waals surface area (Å²) in [6.07, 6.45) is 0. The van der Waals surface area contributed by atoms with Crippen molar-refractivity contribution in [3.8, 4) is 0 Å². The van der Waals surface area contributed by atoms with Crippen LogP contribution in [0.1, 0.15) is 5.56 Å². The maximum Gasteiger partial charge on any atom is 0.188 e. The molecule has 0 saturated carbocycles. The molecular formula is C10H8Br2N2S. The Morgan fingerprint density at radius 2 is 2.13 bits per heavy atom. The van der Waals surface area contributed by atoms with E-state index in [1.54, 1.807) is 11.3 Å². The van der Waals surface area contributed by atoms with Crippen LogP contribution in [0.15, 0.2) is 32.7 Å². The molecule has 0 unspecified atom stereocenters. The number of nitrogens with zero attached hydrogens (tertiary/aromatic N) is 1. The number of halogens is 2. The minimum absolute atomic E-state index is 0.864. The molecule has 0 bridgehead atoms. The van der Waals surface area contributed by atoms with Gasteiger partial charge in [0, 0.05) is 15.5 Å². The molecule has 15 heavy (non-hydrogen) atoms. The second kappa shape index (κ2) is 4.63. The van der Waals surface area contributed by atoms with Crippen molar-refractivity contribution in [2.45, 2.75) is 6.92 Å². The molecule has 0 atom stereocenters. The van der Waals surface area contributed by atoms with Crippen molar-refractivity contribution in [1.82, 2.24) is 4.98 Å². The molecule has 0 aliphatic heterocycles. The SMILES string of the molecule is Cc1ccc(Br)cc1Nc1nc(Br)cs1. The summed E-state index contributed by atoms with van der Waals surface area (Å²) < 4.78 is 1.92. The molecule has 5 heteroatoms. The molecule has 2 aromatic rings. The molecule has 2 nitrogen and oxygen atoms in total.